The van der Waals surface area contributed by atoms with Crippen LogP contribution in [0.25, 0.3) is 22.3 Å². The van der Waals surface area contributed by atoms with Crippen LogP contribution in [-0.2, 0) is 0 Å². The molecule has 0 N–H and O–H groups in total. The van der Waals surface area contributed by atoms with Crippen molar-refractivity contribution in [2.24, 2.45) is 0 Å². The summed E-state index contributed by atoms with van der Waals surface area (Å²) in [5.41, 5.74) is 11.9. The van der Waals surface area contributed by atoms with E-state index in [2.05, 4.69) is 97.1 Å². The smallest absolute Gasteiger partial charge is 0.0102 e. The maximum atomic E-state index is 2.34. The summed E-state index contributed by atoms with van der Waals surface area (Å²) >= 11 is 0. The van der Waals surface area contributed by atoms with Crippen LogP contribution in [0, 0.1) is 0 Å². The summed E-state index contributed by atoms with van der Waals surface area (Å²) in [6, 6.07) is 36.1. The van der Waals surface area contributed by atoms with Gasteiger partial charge in [-0.2, -0.15) is 0 Å². The van der Waals surface area contributed by atoms with Gasteiger partial charge in [0.25, 0.3) is 0 Å². The van der Waals surface area contributed by atoms with E-state index in [9.17, 15) is 0 Å². The monoisotopic (exact) mass is 414 g/mol. The van der Waals surface area contributed by atoms with E-state index < -0.39 is 0 Å². The molecule has 0 heteroatoms. The fraction of sp³-hybridized carbons (Fsp3) is 0.250. The molecular weight excluding hydrogens is 384 g/mol. The van der Waals surface area contributed by atoms with Crippen LogP contribution in [0.5, 0.6) is 0 Å². The topological polar surface area (TPSA) is 0 Å². The third-order valence-electron chi connectivity index (χ3n) is 7.66. The van der Waals surface area contributed by atoms with E-state index >= 15 is 0 Å². The van der Waals surface area contributed by atoms with E-state index in [0.29, 0.717) is 11.8 Å². The first-order valence-corrected chi connectivity index (χ1v) is 12.3. The summed E-state index contributed by atoms with van der Waals surface area (Å²) in [5.74, 6) is 1.16. The minimum atomic E-state index is 0.580. The maximum absolute atomic E-state index is 2.34. The molecule has 2 aliphatic rings. The van der Waals surface area contributed by atoms with Gasteiger partial charge in [-0.05, 0) is 57.3 Å². The van der Waals surface area contributed by atoms with Crippen LogP contribution in [0.15, 0.2) is 97.1 Å². The number of benzene rings is 4. The predicted octanol–water partition coefficient (Wildman–Crippen LogP) is 8.95. The highest BCUT2D eigenvalue weighted by molar-refractivity contribution is 5.79. The summed E-state index contributed by atoms with van der Waals surface area (Å²) in [7, 11) is 0. The van der Waals surface area contributed by atoms with Gasteiger partial charge in [0, 0.05) is 11.8 Å². The molecule has 0 bridgehead atoms. The molecule has 2 aliphatic carbocycles. The normalized spacial score (nSPS) is 14.1. The Bertz CT molecular complexity index is 1060. The molecule has 0 saturated heterocycles. The van der Waals surface area contributed by atoms with Crippen molar-refractivity contribution in [1.29, 1.82) is 0 Å². The summed E-state index contributed by atoms with van der Waals surface area (Å²) in [4.78, 5) is 0. The van der Waals surface area contributed by atoms with Crippen LogP contribution in [0.4, 0.5) is 0 Å². The molecule has 0 spiro atoms. The summed E-state index contributed by atoms with van der Waals surface area (Å²) < 4.78 is 0. The van der Waals surface area contributed by atoms with Gasteiger partial charge in [-0.3, -0.25) is 0 Å². The Hall–Kier alpha value is -3.12. The predicted molar refractivity (Wildman–Crippen MR) is 135 cm³/mol. The van der Waals surface area contributed by atoms with E-state index in [4.69, 9.17) is 0 Å². The van der Waals surface area contributed by atoms with Gasteiger partial charge in [0.15, 0.2) is 0 Å². The van der Waals surface area contributed by atoms with E-state index in [-0.39, 0.29) is 0 Å². The third-order valence-corrected chi connectivity index (χ3v) is 7.66. The van der Waals surface area contributed by atoms with Crippen molar-refractivity contribution in [3.8, 4) is 22.3 Å². The second-order valence-electron chi connectivity index (χ2n) is 9.45. The number of hydrogen-bond donors (Lipinski definition) is 0. The van der Waals surface area contributed by atoms with Crippen molar-refractivity contribution in [1.82, 2.24) is 0 Å². The Kier molecular flexibility index (Phi) is 5.15. The van der Waals surface area contributed by atoms with Gasteiger partial charge in [0.1, 0.15) is 0 Å². The third kappa shape index (κ3) is 3.30. The molecule has 0 aliphatic heterocycles. The first kappa shape index (κ1) is 19.6. The molecular formula is C32H30. The standard InChI is InChI=1S/C32H30/c1(3-13-23-25-15-5-9-19-29(25)30-20-10-6-16-26(23)30)2-4-14-24-27-17-7-11-21-31(27)32-22-12-8-18-28(24)32/h5-12,15-24H,1-4,13-14H2. The molecule has 0 radical (unpaired) electrons. The number of fused-ring (bicyclic) bond motifs is 6. The molecule has 0 amide bonds. The van der Waals surface area contributed by atoms with Crippen LogP contribution in [0.2, 0.25) is 0 Å². The SMILES string of the molecule is c1ccc2c(c1)-c1ccccc1C2CCCCCCC1c2ccccc2-c2ccccc21. The highest BCUT2D eigenvalue weighted by Gasteiger charge is 2.28. The van der Waals surface area contributed by atoms with E-state index in [1.807, 2.05) is 0 Å². The number of rotatable bonds is 7. The molecule has 158 valence electrons. The Morgan fingerprint density at radius 3 is 0.938 bits per heavy atom. The highest BCUT2D eigenvalue weighted by Crippen LogP contribution is 2.48. The van der Waals surface area contributed by atoms with E-state index in [1.54, 1.807) is 0 Å². The van der Waals surface area contributed by atoms with Gasteiger partial charge in [-0.1, -0.05) is 123 Å². The molecule has 0 fully saturated rings. The van der Waals surface area contributed by atoms with Gasteiger partial charge >= 0.3 is 0 Å². The Labute approximate surface area is 192 Å². The Morgan fingerprint density at radius 2 is 0.625 bits per heavy atom. The number of hydrogen-bond acceptors (Lipinski definition) is 0. The average Bonchev–Trinajstić information content (AvgIpc) is 3.35. The van der Waals surface area contributed by atoms with Gasteiger partial charge in [-0.15, -0.1) is 0 Å². The highest BCUT2D eigenvalue weighted by atomic mass is 14.3. The van der Waals surface area contributed by atoms with E-state index in [1.165, 1.54) is 83.0 Å². The van der Waals surface area contributed by atoms with Crippen molar-refractivity contribution >= 4 is 0 Å². The molecule has 4 aromatic rings. The Balaban J connectivity index is 1.06. The molecule has 0 aromatic heterocycles. The lowest BCUT2D eigenvalue weighted by atomic mass is 9.89. The summed E-state index contributed by atoms with van der Waals surface area (Å²) in [6.07, 6.45) is 7.82. The number of unbranched alkanes of at least 4 members (excludes halogenated alkanes) is 3. The molecule has 0 saturated carbocycles. The Morgan fingerprint density at radius 1 is 0.344 bits per heavy atom. The molecule has 6 rings (SSSR count). The second kappa shape index (κ2) is 8.43. The fourth-order valence-corrected chi connectivity index (χ4v) is 6.19. The first-order valence-electron chi connectivity index (χ1n) is 12.3. The minimum Gasteiger partial charge on any atom is -0.0619 e. The van der Waals surface area contributed by atoms with Crippen molar-refractivity contribution in [3.63, 3.8) is 0 Å². The minimum absolute atomic E-state index is 0.580. The molecule has 32 heavy (non-hydrogen) atoms. The molecule has 0 nitrogen and oxygen atoms in total. The van der Waals surface area contributed by atoms with Crippen LogP contribution in [-0.4, -0.2) is 0 Å². The summed E-state index contributed by atoms with van der Waals surface area (Å²) in [5, 5.41) is 0. The largest absolute Gasteiger partial charge is 0.0619 e. The van der Waals surface area contributed by atoms with Gasteiger partial charge in [0.2, 0.25) is 0 Å². The molecule has 4 aromatic carbocycles. The molecule has 0 heterocycles. The van der Waals surface area contributed by atoms with Crippen molar-refractivity contribution in [2.45, 2.75) is 50.4 Å². The lowest BCUT2D eigenvalue weighted by molar-refractivity contribution is 0.560. The lowest BCUT2D eigenvalue weighted by Crippen LogP contribution is -1.98. The van der Waals surface area contributed by atoms with Crippen LogP contribution >= 0.6 is 0 Å². The maximum Gasteiger partial charge on any atom is 0.0102 e. The van der Waals surface area contributed by atoms with Crippen molar-refractivity contribution < 1.29 is 0 Å². The zero-order valence-electron chi connectivity index (χ0n) is 18.6. The van der Waals surface area contributed by atoms with Crippen molar-refractivity contribution in [2.75, 3.05) is 0 Å². The van der Waals surface area contributed by atoms with Gasteiger partial charge in [0.05, 0.1) is 0 Å². The van der Waals surface area contributed by atoms with Gasteiger partial charge in [-0.25, -0.2) is 0 Å². The average molecular weight is 415 g/mol. The van der Waals surface area contributed by atoms with Gasteiger partial charge < -0.3 is 0 Å². The van der Waals surface area contributed by atoms with E-state index in [0.717, 1.165) is 0 Å². The van der Waals surface area contributed by atoms with Crippen molar-refractivity contribution in [3.05, 3.63) is 119 Å². The quantitative estimate of drug-likeness (QED) is 0.265. The molecule has 0 atom stereocenters. The zero-order valence-corrected chi connectivity index (χ0v) is 18.6. The fourth-order valence-electron chi connectivity index (χ4n) is 6.19. The zero-order chi connectivity index (χ0) is 21.3. The molecule has 0 unspecified atom stereocenters. The van der Waals surface area contributed by atoms with Crippen LogP contribution < -0.4 is 0 Å². The summed E-state index contributed by atoms with van der Waals surface area (Å²) in [6.45, 7) is 0. The second-order valence-corrected chi connectivity index (χ2v) is 9.45. The van der Waals surface area contributed by atoms with Crippen LogP contribution in [0.3, 0.4) is 0 Å². The lowest BCUT2D eigenvalue weighted by Gasteiger charge is -2.15. The first-order chi connectivity index (χ1) is 15.9. The van der Waals surface area contributed by atoms with Crippen LogP contribution in [0.1, 0.15) is 72.6 Å².